The van der Waals surface area contributed by atoms with Crippen molar-refractivity contribution < 1.29 is 4.79 Å². The quantitative estimate of drug-likeness (QED) is 0.683. The van der Waals surface area contributed by atoms with Gasteiger partial charge in [0.05, 0.1) is 6.04 Å². The zero-order valence-corrected chi connectivity index (χ0v) is 9.84. The minimum absolute atomic E-state index is 0.0145. The molecule has 0 aromatic carbocycles. The number of hydrogen-bond donors (Lipinski definition) is 2. The monoisotopic (exact) mass is 200 g/mol. The van der Waals surface area contributed by atoms with Gasteiger partial charge in [-0.1, -0.05) is 27.7 Å². The molecule has 0 rings (SSSR count). The molecule has 0 unspecified atom stereocenters. The van der Waals surface area contributed by atoms with Crippen molar-refractivity contribution in [2.45, 2.75) is 46.6 Å². The molecular formula is C11H24N2O. The summed E-state index contributed by atoms with van der Waals surface area (Å²) >= 11 is 0. The van der Waals surface area contributed by atoms with Gasteiger partial charge in [-0.15, -0.1) is 0 Å². The number of nitrogens with two attached hydrogens (primary N) is 1. The maximum Gasteiger partial charge on any atom is 0.236 e. The standard InChI is InChI=1S/C11H24N2O/c1-8(2)5-6-13-11(14)10(12)7-9(3)4/h8-10H,5-7,12H2,1-4H3,(H,13,14)/t10-/m1/s1. The lowest BCUT2D eigenvalue weighted by atomic mass is 10.0. The second-order valence-electron chi connectivity index (χ2n) is 4.71. The Morgan fingerprint density at radius 3 is 2.21 bits per heavy atom. The fourth-order valence-corrected chi connectivity index (χ4v) is 1.23. The van der Waals surface area contributed by atoms with Gasteiger partial charge in [0.1, 0.15) is 0 Å². The van der Waals surface area contributed by atoms with Gasteiger partial charge in [0.2, 0.25) is 5.91 Å². The minimum atomic E-state index is -0.345. The summed E-state index contributed by atoms with van der Waals surface area (Å²) in [6.07, 6.45) is 1.77. The predicted molar refractivity (Wildman–Crippen MR) is 59.9 cm³/mol. The highest BCUT2D eigenvalue weighted by Gasteiger charge is 2.13. The Balaban J connectivity index is 3.62. The van der Waals surface area contributed by atoms with Gasteiger partial charge in [-0.2, -0.15) is 0 Å². The molecule has 3 N–H and O–H groups in total. The summed E-state index contributed by atoms with van der Waals surface area (Å²) in [6.45, 7) is 9.16. The number of carbonyl (C=O) groups excluding carboxylic acids is 1. The van der Waals surface area contributed by atoms with Gasteiger partial charge in [0.25, 0.3) is 0 Å². The maximum absolute atomic E-state index is 11.4. The molecule has 0 spiro atoms. The third-order valence-corrected chi connectivity index (χ3v) is 2.08. The summed E-state index contributed by atoms with van der Waals surface area (Å²) in [4.78, 5) is 11.4. The van der Waals surface area contributed by atoms with Crippen LogP contribution in [0.3, 0.4) is 0 Å². The second kappa shape index (κ2) is 6.82. The molecule has 0 aliphatic heterocycles. The van der Waals surface area contributed by atoms with Crippen molar-refractivity contribution in [1.82, 2.24) is 5.32 Å². The van der Waals surface area contributed by atoms with Crippen molar-refractivity contribution >= 4 is 5.91 Å². The number of hydrogen-bond acceptors (Lipinski definition) is 2. The van der Waals surface area contributed by atoms with Gasteiger partial charge in [0, 0.05) is 6.54 Å². The van der Waals surface area contributed by atoms with E-state index in [1.54, 1.807) is 0 Å². The molecule has 1 amide bonds. The molecule has 0 radical (unpaired) electrons. The Labute approximate surface area is 87.4 Å². The molecule has 0 bridgehead atoms. The summed E-state index contributed by atoms with van der Waals surface area (Å²) in [5.74, 6) is 1.08. The van der Waals surface area contributed by atoms with Gasteiger partial charge < -0.3 is 11.1 Å². The first-order valence-electron chi connectivity index (χ1n) is 5.46. The Bertz CT molecular complexity index is 167. The van der Waals surface area contributed by atoms with Crippen molar-refractivity contribution in [3.05, 3.63) is 0 Å². The predicted octanol–water partition coefficient (Wildman–Crippen LogP) is 1.52. The molecule has 3 heteroatoms. The largest absolute Gasteiger partial charge is 0.355 e. The zero-order chi connectivity index (χ0) is 11.1. The zero-order valence-electron chi connectivity index (χ0n) is 9.84. The Kier molecular flexibility index (Phi) is 6.54. The van der Waals surface area contributed by atoms with Crippen LogP contribution >= 0.6 is 0 Å². The van der Waals surface area contributed by atoms with Crippen LogP contribution in [0, 0.1) is 11.8 Å². The van der Waals surface area contributed by atoms with E-state index >= 15 is 0 Å². The molecule has 0 heterocycles. The number of carbonyl (C=O) groups is 1. The first kappa shape index (κ1) is 13.4. The second-order valence-corrected chi connectivity index (χ2v) is 4.71. The molecule has 1 atom stereocenters. The first-order chi connectivity index (χ1) is 6.43. The maximum atomic E-state index is 11.4. The third kappa shape index (κ3) is 6.89. The molecule has 0 aliphatic rings. The fourth-order valence-electron chi connectivity index (χ4n) is 1.23. The van der Waals surface area contributed by atoms with Crippen molar-refractivity contribution in [1.29, 1.82) is 0 Å². The van der Waals surface area contributed by atoms with Gasteiger partial charge in [-0.05, 0) is 24.7 Å². The Morgan fingerprint density at radius 1 is 1.21 bits per heavy atom. The van der Waals surface area contributed by atoms with Crippen LogP contribution in [0.4, 0.5) is 0 Å². The van der Waals surface area contributed by atoms with E-state index in [9.17, 15) is 4.79 Å². The smallest absolute Gasteiger partial charge is 0.236 e. The normalized spacial score (nSPS) is 13.4. The Morgan fingerprint density at radius 2 is 1.79 bits per heavy atom. The first-order valence-corrected chi connectivity index (χ1v) is 5.46. The molecule has 0 fully saturated rings. The van der Waals surface area contributed by atoms with Crippen molar-refractivity contribution in [3.8, 4) is 0 Å². The highest BCUT2D eigenvalue weighted by atomic mass is 16.2. The van der Waals surface area contributed by atoms with E-state index in [0.29, 0.717) is 11.8 Å². The van der Waals surface area contributed by atoms with Crippen LogP contribution in [0.15, 0.2) is 0 Å². The van der Waals surface area contributed by atoms with Gasteiger partial charge in [-0.25, -0.2) is 0 Å². The summed E-state index contributed by atoms with van der Waals surface area (Å²) in [6, 6.07) is -0.345. The van der Waals surface area contributed by atoms with E-state index in [0.717, 1.165) is 19.4 Å². The lowest BCUT2D eigenvalue weighted by Crippen LogP contribution is -2.41. The molecule has 14 heavy (non-hydrogen) atoms. The van der Waals surface area contributed by atoms with E-state index in [-0.39, 0.29) is 11.9 Å². The lowest BCUT2D eigenvalue weighted by molar-refractivity contribution is -0.122. The van der Waals surface area contributed by atoms with Crippen LogP contribution in [-0.2, 0) is 4.79 Å². The Hall–Kier alpha value is -0.570. The van der Waals surface area contributed by atoms with E-state index < -0.39 is 0 Å². The van der Waals surface area contributed by atoms with Crippen molar-refractivity contribution in [3.63, 3.8) is 0 Å². The summed E-state index contributed by atoms with van der Waals surface area (Å²) < 4.78 is 0. The average molecular weight is 200 g/mol. The van der Waals surface area contributed by atoms with E-state index in [1.165, 1.54) is 0 Å². The molecule has 3 nitrogen and oxygen atoms in total. The topological polar surface area (TPSA) is 55.1 Å². The van der Waals surface area contributed by atoms with Crippen LogP contribution in [0.25, 0.3) is 0 Å². The fraction of sp³-hybridized carbons (Fsp3) is 0.909. The van der Waals surface area contributed by atoms with Crippen molar-refractivity contribution in [2.75, 3.05) is 6.54 Å². The molecule has 0 saturated carbocycles. The number of nitrogens with one attached hydrogen (secondary N) is 1. The van der Waals surface area contributed by atoms with Crippen LogP contribution in [0.2, 0.25) is 0 Å². The molecule has 84 valence electrons. The number of rotatable bonds is 6. The third-order valence-electron chi connectivity index (χ3n) is 2.08. The van der Waals surface area contributed by atoms with Crippen LogP contribution in [0.1, 0.15) is 40.5 Å². The number of amides is 1. The summed E-state index contributed by atoms with van der Waals surface area (Å²) in [5, 5.41) is 2.86. The average Bonchev–Trinajstić information content (AvgIpc) is 2.01. The van der Waals surface area contributed by atoms with E-state index in [1.807, 2.05) is 0 Å². The van der Waals surface area contributed by atoms with Gasteiger partial charge >= 0.3 is 0 Å². The van der Waals surface area contributed by atoms with Crippen molar-refractivity contribution in [2.24, 2.45) is 17.6 Å². The lowest BCUT2D eigenvalue weighted by Gasteiger charge is -2.14. The molecule has 0 aliphatic carbocycles. The van der Waals surface area contributed by atoms with Crippen LogP contribution in [0.5, 0.6) is 0 Å². The molecular weight excluding hydrogens is 176 g/mol. The summed E-state index contributed by atoms with van der Waals surface area (Å²) in [7, 11) is 0. The SMILES string of the molecule is CC(C)CCNC(=O)[C@H](N)CC(C)C. The highest BCUT2D eigenvalue weighted by Crippen LogP contribution is 2.02. The van der Waals surface area contributed by atoms with Gasteiger partial charge in [-0.3, -0.25) is 4.79 Å². The summed E-state index contributed by atoms with van der Waals surface area (Å²) in [5.41, 5.74) is 5.72. The van der Waals surface area contributed by atoms with E-state index in [4.69, 9.17) is 5.73 Å². The van der Waals surface area contributed by atoms with Crippen LogP contribution in [-0.4, -0.2) is 18.5 Å². The molecule has 0 aromatic heterocycles. The van der Waals surface area contributed by atoms with E-state index in [2.05, 4.69) is 33.0 Å². The minimum Gasteiger partial charge on any atom is -0.355 e. The van der Waals surface area contributed by atoms with Gasteiger partial charge in [0.15, 0.2) is 0 Å². The molecule has 0 aromatic rings. The molecule has 0 saturated heterocycles. The highest BCUT2D eigenvalue weighted by molar-refractivity contribution is 5.81. The van der Waals surface area contributed by atoms with Crippen LogP contribution < -0.4 is 11.1 Å².